The average Bonchev–Trinajstić information content (AvgIpc) is 3.71. The van der Waals surface area contributed by atoms with Crippen LogP contribution in [0.25, 0.3) is 22.6 Å². The molecule has 0 fully saturated rings. The van der Waals surface area contributed by atoms with Crippen LogP contribution < -0.4 is 15.4 Å². The number of phenolic OH excluding ortho intramolecular Hbond substituents is 1. The fourth-order valence-electron chi connectivity index (χ4n) is 4.23. The summed E-state index contributed by atoms with van der Waals surface area (Å²) in [4.78, 5) is 69.4. The lowest BCUT2D eigenvalue weighted by Crippen LogP contribution is -2.42. The summed E-state index contributed by atoms with van der Waals surface area (Å²) in [5.74, 6) is -7.83. The number of rotatable bonds is 15. The molecular formula is C31H26N2O14. The Balaban J connectivity index is 1.47. The number of nitrogens with one attached hydrogen (secondary N) is 2. The average molecular weight is 651 g/mol. The number of furan rings is 2. The molecule has 16 nitrogen and oxygen atoms in total. The zero-order valence-corrected chi connectivity index (χ0v) is 24.0. The van der Waals surface area contributed by atoms with Crippen LogP contribution in [-0.4, -0.2) is 73.3 Å². The molecule has 2 atom stereocenters. The first-order valence-corrected chi connectivity index (χ1v) is 13.6. The third-order valence-electron chi connectivity index (χ3n) is 6.52. The summed E-state index contributed by atoms with van der Waals surface area (Å²) in [6.45, 7) is -0.177. The molecule has 2 aromatic heterocycles. The lowest BCUT2D eigenvalue weighted by molar-refractivity contribution is -0.145. The number of para-hydroxylation sites is 1. The number of ether oxygens (including phenoxy) is 1. The fraction of sp³-hybridized carbons (Fsp3) is 0.161. The molecule has 0 spiro atoms. The van der Waals surface area contributed by atoms with Crippen molar-refractivity contribution in [1.82, 2.24) is 10.6 Å². The van der Waals surface area contributed by atoms with E-state index in [9.17, 15) is 39.0 Å². The highest BCUT2D eigenvalue weighted by Crippen LogP contribution is 2.33. The van der Waals surface area contributed by atoms with Crippen molar-refractivity contribution >= 4 is 35.7 Å². The summed E-state index contributed by atoms with van der Waals surface area (Å²) in [7, 11) is 0. The van der Waals surface area contributed by atoms with Gasteiger partial charge in [0, 0.05) is 11.1 Å². The van der Waals surface area contributed by atoms with Crippen molar-refractivity contribution in [3.63, 3.8) is 0 Å². The first-order chi connectivity index (χ1) is 22.3. The summed E-state index contributed by atoms with van der Waals surface area (Å²) < 4.78 is 17.1. The number of carboxylic acid groups (broad SMARTS) is 4. The quantitative estimate of drug-likeness (QED) is 0.0976. The van der Waals surface area contributed by atoms with Gasteiger partial charge in [0.15, 0.2) is 11.5 Å². The summed E-state index contributed by atoms with van der Waals surface area (Å²) in [6.07, 6.45) is -1.67. The summed E-state index contributed by atoms with van der Waals surface area (Å²) in [5.41, 5.74) is 1.11. The summed E-state index contributed by atoms with van der Waals surface area (Å²) in [5, 5.41) is 50.8. The molecule has 2 amide bonds. The van der Waals surface area contributed by atoms with Crippen LogP contribution in [0, 0.1) is 0 Å². The van der Waals surface area contributed by atoms with E-state index in [1.54, 1.807) is 24.3 Å². The van der Waals surface area contributed by atoms with Crippen molar-refractivity contribution in [2.75, 3.05) is 0 Å². The molecule has 2 heterocycles. The number of aliphatic carboxylic acids is 4. The Labute approximate surface area is 263 Å². The predicted octanol–water partition coefficient (Wildman–Crippen LogP) is 2.81. The van der Waals surface area contributed by atoms with Crippen LogP contribution in [0.3, 0.4) is 0 Å². The Morgan fingerprint density at radius 2 is 1.21 bits per heavy atom. The van der Waals surface area contributed by atoms with E-state index in [0.29, 0.717) is 16.7 Å². The van der Waals surface area contributed by atoms with E-state index < -0.39 is 60.6 Å². The molecule has 0 aliphatic carbocycles. The van der Waals surface area contributed by atoms with Crippen molar-refractivity contribution < 1.29 is 67.9 Å². The van der Waals surface area contributed by atoms with Crippen LogP contribution in [0.5, 0.6) is 11.5 Å². The van der Waals surface area contributed by atoms with E-state index in [2.05, 4.69) is 10.6 Å². The summed E-state index contributed by atoms with van der Waals surface area (Å²) >= 11 is 0. The number of aromatic hydroxyl groups is 1. The highest BCUT2D eigenvalue weighted by molar-refractivity contribution is 5.96. The molecule has 4 rings (SSSR count). The van der Waals surface area contributed by atoms with E-state index in [1.165, 1.54) is 42.5 Å². The number of carbonyl (C=O) groups excluding carboxylic acids is 2. The van der Waals surface area contributed by atoms with Gasteiger partial charge in [0.05, 0.1) is 18.4 Å². The van der Waals surface area contributed by atoms with Gasteiger partial charge in [-0.05, 0) is 54.6 Å². The highest BCUT2D eigenvalue weighted by atomic mass is 16.5. The molecule has 0 saturated carbocycles. The largest absolute Gasteiger partial charge is 0.508 e. The number of benzene rings is 2. The van der Waals surface area contributed by atoms with Crippen LogP contribution in [0.15, 0.2) is 75.6 Å². The zero-order valence-electron chi connectivity index (χ0n) is 24.0. The molecular weight excluding hydrogens is 624 g/mol. The van der Waals surface area contributed by atoms with Crippen LogP contribution in [0.4, 0.5) is 0 Å². The molecule has 2 aromatic carbocycles. The molecule has 0 unspecified atom stereocenters. The third-order valence-corrected chi connectivity index (χ3v) is 6.52. The van der Waals surface area contributed by atoms with Crippen molar-refractivity contribution in [1.29, 1.82) is 0 Å². The number of carboxylic acids is 4. The molecule has 0 aliphatic heterocycles. The van der Waals surface area contributed by atoms with E-state index in [0.717, 1.165) is 0 Å². The standard InChI is InChI=1S/C31H26N2O14/c34-20-6-5-15(21-7-9-24(46-21)28(39)32-18(30(41)42)12-26(35)36)11-16(20)14-45-22-4-2-1-3-17(22)23-8-10-25(47-23)29(40)33-19(31(43)44)13-27(37)38/h1-11,18-19,34H,12-14H2,(H,32,39)(H,33,40)(H,35,36)(H,37,38)(H,41,42)(H,43,44)/t18-,19-/m0/s1. The maximum Gasteiger partial charge on any atom is 0.326 e. The second-order valence-corrected chi connectivity index (χ2v) is 9.88. The number of phenols is 1. The van der Waals surface area contributed by atoms with E-state index in [-0.39, 0.29) is 41.1 Å². The highest BCUT2D eigenvalue weighted by Gasteiger charge is 2.26. The molecule has 47 heavy (non-hydrogen) atoms. The topological polar surface area (TPSA) is 263 Å². The number of carbonyl (C=O) groups is 6. The van der Waals surface area contributed by atoms with Crippen LogP contribution in [0.2, 0.25) is 0 Å². The minimum absolute atomic E-state index is 0.139. The van der Waals surface area contributed by atoms with Gasteiger partial charge in [0.2, 0.25) is 0 Å². The van der Waals surface area contributed by atoms with Crippen molar-refractivity contribution in [2.45, 2.75) is 31.5 Å². The second-order valence-electron chi connectivity index (χ2n) is 9.88. The van der Waals surface area contributed by atoms with Crippen molar-refractivity contribution in [3.05, 3.63) is 83.8 Å². The van der Waals surface area contributed by atoms with Crippen molar-refractivity contribution in [2.24, 2.45) is 0 Å². The number of hydrogen-bond donors (Lipinski definition) is 7. The normalized spacial score (nSPS) is 12.0. The first-order valence-electron chi connectivity index (χ1n) is 13.6. The van der Waals surface area contributed by atoms with Gasteiger partial charge in [-0.1, -0.05) is 12.1 Å². The molecule has 0 bridgehead atoms. The Kier molecular flexibility index (Phi) is 10.3. The Hall–Kier alpha value is -6.58. The van der Waals surface area contributed by atoms with Crippen LogP contribution in [0.1, 0.15) is 39.5 Å². The molecule has 0 saturated heterocycles. The van der Waals surface area contributed by atoms with E-state index in [1.807, 2.05) is 0 Å². The Morgan fingerprint density at radius 1 is 0.681 bits per heavy atom. The van der Waals surface area contributed by atoms with Crippen LogP contribution >= 0.6 is 0 Å². The van der Waals surface area contributed by atoms with E-state index in [4.69, 9.17) is 28.9 Å². The molecule has 244 valence electrons. The Bertz CT molecular complexity index is 1840. The Morgan fingerprint density at radius 3 is 1.77 bits per heavy atom. The SMILES string of the molecule is O=C(O)C[C@H](NC(=O)c1ccc(-c2ccc(O)c(COc3ccccc3-c3ccc(C(=O)N[C@@H](CC(=O)O)C(=O)O)o3)c2)o1)C(=O)O. The van der Waals surface area contributed by atoms with Gasteiger partial charge in [-0.3, -0.25) is 19.2 Å². The fourth-order valence-corrected chi connectivity index (χ4v) is 4.23. The lowest BCUT2D eigenvalue weighted by atomic mass is 10.1. The van der Waals surface area contributed by atoms with Gasteiger partial charge < -0.3 is 49.7 Å². The molecule has 7 N–H and O–H groups in total. The van der Waals surface area contributed by atoms with Gasteiger partial charge >= 0.3 is 23.9 Å². The van der Waals surface area contributed by atoms with Gasteiger partial charge in [0.1, 0.15) is 41.7 Å². The minimum Gasteiger partial charge on any atom is -0.508 e. The third kappa shape index (κ3) is 8.53. The zero-order chi connectivity index (χ0) is 34.2. The molecule has 4 aromatic rings. The van der Waals surface area contributed by atoms with Crippen molar-refractivity contribution in [3.8, 4) is 34.1 Å². The van der Waals surface area contributed by atoms with Gasteiger partial charge in [-0.15, -0.1) is 0 Å². The van der Waals surface area contributed by atoms with Gasteiger partial charge in [-0.25, -0.2) is 9.59 Å². The molecule has 16 heteroatoms. The monoisotopic (exact) mass is 650 g/mol. The van der Waals surface area contributed by atoms with Gasteiger partial charge in [0.25, 0.3) is 11.8 Å². The maximum absolute atomic E-state index is 12.5. The summed E-state index contributed by atoms with van der Waals surface area (Å²) in [6, 6.07) is 13.0. The van der Waals surface area contributed by atoms with Crippen LogP contribution in [-0.2, 0) is 25.8 Å². The number of amides is 2. The second kappa shape index (κ2) is 14.5. The van der Waals surface area contributed by atoms with E-state index >= 15 is 0 Å². The molecule has 0 aliphatic rings. The predicted molar refractivity (Wildman–Crippen MR) is 157 cm³/mol. The lowest BCUT2D eigenvalue weighted by Gasteiger charge is -2.12. The molecule has 0 radical (unpaired) electrons. The number of hydrogen-bond acceptors (Lipinski definition) is 10. The van der Waals surface area contributed by atoms with Gasteiger partial charge in [-0.2, -0.15) is 0 Å². The minimum atomic E-state index is -1.68. The smallest absolute Gasteiger partial charge is 0.326 e. The maximum atomic E-state index is 12.5. The first kappa shape index (κ1) is 33.3.